The zero-order valence-corrected chi connectivity index (χ0v) is 14.4. The molecule has 0 aliphatic carbocycles. The second kappa shape index (κ2) is 6.62. The van der Waals surface area contributed by atoms with E-state index in [1.165, 1.54) is 0 Å². The smallest absolute Gasteiger partial charge is 0.232 e. The lowest BCUT2D eigenvalue weighted by Crippen LogP contribution is -2.19. The van der Waals surface area contributed by atoms with Crippen molar-refractivity contribution < 1.29 is 8.42 Å². The number of nitrogens with zero attached hydrogens (tertiary/aromatic N) is 2. The number of sulfonamides is 1. The third kappa shape index (κ3) is 4.57. The lowest BCUT2D eigenvalue weighted by atomic mass is 10.2. The number of rotatable bonds is 6. The lowest BCUT2D eigenvalue weighted by molar-refractivity contribution is 0.578. The third-order valence-corrected chi connectivity index (χ3v) is 4.64. The molecule has 1 aromatic carbocycles. The van der Waals surface area contributed by atoms with Gasteiger partial charge in [0.05, 0.1) is 27.8 Å². The van der Waals surface area contributed by atoms with E-state index in [2.05, 4.69) is 25.8 Å². The van der Waals surface area contributed by atoms with Gasteiger partial charge >= 0.3 is 0 Å². The van der Waals surface area contributed by atoms with Crippen molar-refractivity contribution in [2.24, 2.45) is 5.92 Å². The maximum absolute atomic E-state index is 12.1. The zero-order valence-electron chi connectivity index (χ0n) is 12.0. The van der Waals surface area contributed by atoms with Crippen LogP contribution in [-0.2, 0) is 10.0 Å². The van der Waals surface area contributed by atoms with Gasteiger partial charge in [0.2, 0.25) is 10.0 Å². The Labute approximate surface area is 133 Å². The maximum atomic E-state index is 12.1. The predicted octanol–water partition coefficient (Wildman–Crippen LogP) is 3.42. The largest absolute Gasteiger partial charge is 0.281 e. The van der Waals surface area contributed by atoms with Gasteiger partial charge in [-0.3, -0.25) is 4.72 Å². The minimum absolute atomic E-state index is 0.113. The monoisotopic (exact) mass is 371 g/mol. The highest BCUT2D eigenvalue weighted by Crippen LogP contribution is 2.22. The highest BCUT2D eigenvalue weighted by atomic mass is 79.9. The van der Waals surface area contributed by atoms with E-state index in [1.807, 2.05) is 26.0 Å². The zero-order chi connectivity index (χ0) is 15.5. The van der Waals surface area contributed by atoms with Gasteiger partial charge in [0.25, 0.3) is 0 Å². The first-order valence-electron chi connectivity index (χ1n) is 6.67. The molecular weight excluding hydrogens is 354 g/mol. The summed E-state index contributed by atoms with van der Waals surface area (Å²) in [6, 6.07) is 7.19. The molecule has 0 fully saturated rings. The molecule has 1 N–H and O–H groups in total. The number of halogens is 1. The Balaban J connectivity index is 2.25. The molecule has 0 amide bonds. The Bertz CT molecular complexity index is 711. The molecule has 7 heteroatoms. The van der Waals surface area contributed by atoms with E-state index in [4.69, 9.17) is 0 Å². The molecule has 5 nitrogen and oxygen atoms in total. The summed E-state index contributed by atoms with van der Waals surface area (Å²) in [5.74, 6) is 0.459. The van der Waals surface area contributed by atoms with Crippen molar-refractivity contribution in [1.82, 2.24) is 9.78 Å². The van der Waals surface area contributed by atoms with Crippen molar-refractivity contribution in [2.45, 2.75) is 20.3 Å². The van der Waals surface area contributed by atoms with Crippen molar-refractivity contribution in [3.05, 3.63) is 41.1 Å². The van der Waals surface area contributed by atoms with Gasteiger partial charge in [-0.2, -0.15) is 5.10 Å². The molecule has 0 saturated heterocycles. The quantitative estimate of drug-likeness (QED) is 0.845. The van der Waals surface area contributed by atoms with Crippen LogP contribution in [0.5, 0.6) is 0 Å². The molecule has 0 atom stereocenters. The third-order valence-electron chi connectivity index (χ3n) is 2.93. The molecule has 0 aliphatic rings. The van der Waals surface area contributed by atoms with Gasteiger partial charge in [-0.1, -0.05) is 26.0 Å². The van der Waals surface area contributed by atoms with Gasteiger partial charge in [-0.15, -0.1) is 0 Å². The number of benzene rings is 1. The SMILES string of the molecule is CC(C)CCS(=O)(=O)Nc1ccccc1-n1cc(Br)cn1. The Hall–Kier alpha value is -1.34. The fourth-order valence-electron chi connectivity index (χ4n) is 1.80. The number of hydrogen-bond acceptors (Lipinski definition) is 3. The Kier molecular flexibility index (Phi) is 5.05. The summed E-state index contributed by atoms with van der Waals surface area (Å²) in [5, 5.41) is 4.19. The molecule has 0 radical (unpaired) electrons. The topological polar surface area (TPSA) is 64.0 Å². The average molecular weight is 372 g/mol. The summed E-state index contributed by atoms with van der Waals surface area (Å²) < 4.78 is 29.4. The van der Waals surface area contributed by atoms with Crippen LogP contribution >= 0.6 is 15.9 Å². The van der Waals surface area contributed by atoms with Crippen LogP contribution in [0.25, 0.3) is 5.69 Å². The van der Waals surface area contributed by atoms with Crippen LogP contribution in [0.2, 0.25) is 0 Å². The van der Waals surface area contributed by atoms with Crippen LogP contribution in [0.15, 0.2) is 41.1 Å². The highest BCUT2D eigenvalue weighted by molar-refractivity contribution is 9.10. The molecule has 2 rings (SSSR count). The molecule has 0 unspecified atom stereocenters. The van der Waals surface area contributed by atoms with Gasteiger partial charge in [-0.25, -0.2) is 13.1 Å². The van der Waals surface area contributed by atoms with Crippen LogP contribution in [0.1, 0.15) is 20.3 Å². The molecule has 21 heavy (non-hydrogen) atoms. The van der Waals surface area contributed by atoms with Crippen molar-refractivity contribution in [2.75, 3.05) is 10.5 Å². The van der Waals surface area contributed by atoms with Crippen LogP contribution in [0, 0.1) is 5.92 Å². The van der Waals surface area contributed by atoms with Crippen molar-refractivity contribution in [3.8, 4) is 5.69 Å². The van der Waals surface area contributed by atoms with Crippen molar-refractivity contribution in [1.29, 1.82) is 0 Å². The normalized spacial score (nSPS) is 11.8. The molecule has 1 aromatic heterocycles. The first-order chi connectivity index (χ1) is 9.87. The lowest BCUT2D eigenvalue weighted by Gasteiger charge is -2.13. The molecule has 2 aromatic rings. The number of aromatic nitrogens is 2. The van der Waals surface area contributed by atoms with Crippen LogP contribution < -0.4 is 4.72 Å². The fourth-order valence-corrected chi connectivity index (χ4v) is 3.48. The predicted molar refractivity (Wildman–Crippen MR) is 88.1 cm³/mol. The van der Waals surface area contributed by atoms with E-state index in [9.17, 15) is 8.42 Å². The van der Waals surface area contributed by atoms with Crippen LogP contribution in [0.3, 0.4) is 0 Å². The Morgan fingerprint density at radius 2 is 2.05 bits per heavy atom. The van der Waals surface area contributed by atoms with Crippen molar-refractivity contribution >= 4 is 31.6 Å². The van der Waals surface area contributed by atoms with Crippen molar-refractivity contribution in [3.63, 3.8) is 0 Å². The van der Waals surface area contributed by atoms with Crippen LogP contribution in [0.4, 0.5) is 5.69 Å². The Morgan fingerprint density at radius 3 is 2.67 bits per heavy atom. The first-order valence-corrected chi connectivity index (χ1v) is 9.12. The summed E-state index contributed by atoms with van der Waals surface area (Å²) in [6.45, 7) is 4.01. The summed E-state index contributed by atoms with van der Waals surface area (Å²) in [4.78, 5) is 0. The second-order valence-corrected chi connectivity index (χ2v) is 7.98. The van der Waals surface area contributed by atoms with E-state index in [0.29, 0.717) is 23.7 Å². The number of nitrogens with one attached hydrogen (secondary N) is 1. The standard InChI is InChI=1S/C14H18BrN3O2S/c1-11(2)7-8-21(19,20)17-13-5-3-4-6-14(13)18-10-12(15)9-16-18/h3-6,9-11,17H,7-8H2,1-2H3. The number of para-hydroxylation sites is 2. The van der Waals surface area contributed by atoms with Gasteiger partial charge in [0.1, 0.15) is 0 Å². The highest BCUT2D eigenvalue weighted by Gasteiger charge is 2.14. The Morgan fingerprint density at radius 1 is 1.33 bits per heavy atom. The molecule has 114 valence electrons. The van der Waals surface area contributed by atoms with E-state index < -0.39 is 10.0 Å². The van der Waals surface area contributed by atoms with E-state index in [1.54, 1.807) is 29.2 Å². The average Bonchev–Trinajstić information content (AvgIpc) is 2.83. The van der Waals surface area contributed by atoms with E-state index >= 15 is 0 Å². The first kappa shape index (κ1) is 16.0. The molecule has 0 aliphatic heterocycles. The van der Waals surface area contributed by atoms with E-state index in [0.717, 1.165) is 4.47 Å². The second-order valence-electron chi connectivity index (χ2n) is 5.22. The molecule has 0 saturated carbocycles. The van der Waals surface area contributed by atoms with Gasteiger partial charge in [-0.05, 0) is 40.4 Å². The van der Waals surface area contributed by atoms with Gasteiger partial charge in [0, 0.05) is 6.20 Å². The fraction of sp³-hybridized carbons (Fsp3) is 0.357. The van der Waals surface area contributed by atoms with Gasteiger partial charge in [0.15, 0.2) is 0 Å². The summed E-state index contributed by atoms with van der Waals surface area (Å²) in [7, 11) is -3.36. The maximum Gasteiger partial charge on any atom is 0.232 e. The minimum Gasteiger partial charge on any atom is -0.281 e. The van der Waals surface area contributed by atoms with E-state index in [-0.39, 0.29) is 5.75 Å². The van der Waals surface area contributed by atoms with Gasteiger partial charge < -0.3 is 0 Å². The number of anilines is 1. The molecule has 0 bridgehead atoms. The summed E-state index contributed by atoms with van der Waals surface area (Å²) >= 11 is 3.33. The molecule has 1 heterocycles. The molecular formula is C14H18BrN3O2S. The van der Waals surface area contributed by atoms with Crippen LogP contribution in [-0.4, -0.2) is 24.0 Å². The number of hydrogen-bond donors (Lipinski definition) is 1. The molecule has 0 spiro atoms. The minimum atomic E-state index is -3.36. The summed E-state index contributed by atoms with van der Waals surface area (Å²) in [6.07, 6.45) is 4.07. The summed E-state index contributed by atoms with van der Waals surface area (Å²) in [5.41, 5.74) is 1.22.